The average Bonchev–Trinajstić information content (AvgIpc) is 2.68. The van der Waals surface area contributed by atoms with Crippen LogP contribution in [-0.2, 0) is 42.9 Å². The summed E-state index contributed by atoms with van der Waals surface area (Å²) in [4.78, 5) is 59.1. The Bertz CT molecular complexity index is 820. The van der Waals surface area contributed by atoms with E-state index in [1.165, 1.54) is 0 Å². The van der Waals surface area contributed by atoms with E-state index in [4.69, 9.17) is 23.7 Å². The molecule has 0 radical (unpaired) electrons. The quantitative estimate of drug-likeness (QED) is 0.385. The fourth-order valence-electron chi connectivity index (χ4n) is 2.60. The third-order valence-corrected chi connectivity index (χ3v) is 3.72. The highest BCUT2D eigenvalue weighted by molar-refractivity contribution is 5.96. The highest BCUT2D eigenvalue weighted by Gasteiger charge is 2.42. The van der Waals surface area contributed by atoms with E-state index in [0.717, 1.165) is 27.7 Å². The zero-order valence-corrected chi connectivity index (χ0v) is 18.5. The molecule has 1 rings (SSSR count). The van der Waals surface area contributed by atoms with E-state index < -0.39 is 54.7 Å². The van der Waals surface area contributed by atoms with E-state index in [1.54, 1.807) is 24.3 Å². The van der Waals surface area contributed by atoms with Crippen molar-refractivity contribution in [1.29, 1.82) is 0 Å². The molecule has 3 atom stereocenters. The van der Waals surface area contributed by atoms with Crippen LogP contribution in [0.15, 0.2) is 24.3 Å². The first-order chi connectivity index (χ1) is 15.0. The first-order valence-electron chi connectivity index (χ1n) is 9.72. The molecule has 11 nitrogen and oxygen atoms in total. The molecule has 0 fully saturated rings. The number of amides is 1. The van der Waals surface area contributed by atoms with Gasteiger partial charge >= 0.3 is 23.9 Å². The molecule has 11 heteroatoms. The molecule has 0 unspecified atom stereocenters. The Morgan fingerprint density at radius 1 is 0.812 bits per heavy atom. The lowest BCUT2D eigenvalue weighted by atomic mass is 10.1. The van der Waals surface area contributed by atoms with E-state index in [9.17, 15) is 24.0 Å². The van der Waals surface area contributed by atoms with Crippen molar-refractivity contribution in [2.75, 3.05) is 18.5 Å². The van der Waals surface area contributed by atoms with Gasteiger partial charge in [-0.25, -0.2) is 0 Å². The van der Waals surface area contributed by atoms with Gasteiger partial charge in [-0.3, -0.25) is 24.0 Å². The van der Waals surface area contributed by atoms with Crippen LogP contribution >= 0.6 is 0 Å². The largest absolute Gasteiger partial charge is 0.494 e. The highest BCUT2D eigenvalue weighted by atomic mass is 16.6. The van der Waals surface area contributed by atoms with Crippen LogP contribution in [0.4, 0.5) is 5.69 Å². The van der Waals surface area contributed by atoms with Crippen molar-refractivity contribution in [3.05, 3.63) is 24.3 Å². The molecule has 0 saturated heterocycles. The Labute approximate surface area is 185 Å². The van der Waals surface area contributed by atoms with Crippen LogP contribution in [-0.4, -0.2) is 61.3 Å². The fraction of sp³-hybridized carbons (Fsp3) is 0.476. The van der Waals surface area contributed by atoms with Crippen molar-refractivity contribution < 1.29 is 47.7 Å². The number of ether oxygens (including phenoxy) is 5. The summed E-state index contributed by atoms with van der Waals surface area (Å²) in [6, 6.07) is 6.34. The Balaban J connectivity index is 3.23. The van der Waals surface area contributed by atoms with Gasteiger partial charge in [0, 0.05) is 33.4 Å². The smallest absolute Gasteiger partial charge is 0.303 e. The summed E-state index contributed by atoms with van der Waals surface area (Å²) in [5.74, 6) is -3.49. The molecule has 0 aliphatic heterocycles. The fourth-order valence-corrected chi connectivity index (χ4v) is 2.60. The molecular formula is C21H27NO10. The predicted octanol–water partition coefficient (Wildman–Crippen LogP) is 1.38. The number of hydrogen-bond acceptors (Lipinski definition) is 10. The number of esters is 4. The molecule has 0 heterocycles. The van der Waals surface area contributed by atoms with Crippen LogP contribution in [0.1, 0.15) is 34.6 Å². The summed E-state index contributed by atoms with van der Waals surface area (Å²) in [5.41, 5.74) is 0.334. The van der Waals surface area contributed by atoms with E-state index in [-0.39, 0.29) is 0 Å². The molecular weight excluding hydrogens is 426 g/mol. The van der Waals surface area contributed by atoms with Crippen molar-refractivity contribution in [2.24, 2.45) is 0 Å². The molecule has 0 saturated carbocycles. The minimum Gasteiger partial charge on any atom is -0.494 e. The van der Waals surface area contributed by atoms with Crippen LogP contribution in [0.2, 0.25) is 0 Å². The second kappa shape index (κ2) is 12.9. The lowest BCUT2D eigenvalue weighted by molar-refractivity contribution is -0.190. The number of hydrogen-bond donors (Lipinski definition) is 1. The number of carbonyl (C=O) groups excluding carboxylic acids is 5. The number of anilines is 1. The zero-order chi connectivity index (χ0) is 24.3. The van der Waals surface area contributed by atoms with Gasteiger partial charge in [-0.2, -0.15) is 0 Å². The maximum absolute atomic E-state index is 13.0. The summed E-state index contributed by atoms with van der Waals surface area (Å²) in [6.45, 7) is 6.04. The van der Waals surface area contributed by atoms with Crippen molar-refractivity contribution >= 4 is 35.5 Å². The van der Waals surface area contributed by atoms with Gasteiger partial charge < -0.3 is 29.0 Å². The Kier molecular flexibility index (Phi) is 10.7. The molecule has 0 aliphatic carbocycles. The van der Waals surface area contributed by atoms with E-state index >= 15 is 0 Å². The monoisotopic (exact) mass is 453 g/mol. The molecule has 0 aromatic heterocycles. The van der Waals surface area contributed by atoms with Gasteiger partial charge in [-0.05, 0) is 31.2 Å². The third-order valence-electron chi connectivity index (χ3n) is 3.72. The molecule has 1 N–H and O–H groups in total. The van der Waals surface area contributed by atoms with Crippen LogP contribution in [0.25, 0.3) is 0 Å². The second-order valence-electron chi connectivity index (χ2n) is 6.50. The summed E-state index contributed by atoms with van der Waals surface area (Å²) >= 11 is 0. The molecule has 1 amide bonds. The SMILES string of the molecule is CCOc1ccc(NC(=O)[C@@H](OC(C)=O)[C@H](OC(C)=O)[C@@H](COC(C)=O)OC(C)=O)cc1. The van der Waals surface area contributed by atoms with E-state index in [1.807, 2.05) is 6.92 Å². The molecule has 176 valence electrons. The summed E-state index contributed by atoms with van der Waals surface area (Å²) in [7, 11) is 0. The standard InChI is InChI=1S/C21H27NO10/c1-6-28-17-9-7-16(8-10-17)22-21(27)20(32-15(5)26)19(31-14(4)25)18(30-13(3)24)11-29-12(2)23/h7-10,18-20H,6,11H2,1-5H3,(H,22,27)/t18-,19-,20+/m1/s1. The van der Waals surface area contributed by atoms with Crippen molar-refractivity contribution in [2.45, 2.75) is 52.9 Å². The maximum Gasteiger partial charge on any atom is 0.303 e. The Hall–Kier alpha value is -3.63. The molecule has 32 heavy (non-hydrogen) atoms. The number of carbonyl (C=O) groups is 5. The Morgan fingerprint density at radius 3 is 1.84 bits per heavy atom. The highest BCUT2D eigenvalue weighted by Crippen LogP contribution is 2.19. The van der Waals surface area contributed by atoms with Crippen LogP contribution in [0, 0.1) is 0 Å². The van der Waals surface area contributed by atoms with Gasteiger partial charge in [-0.1, -0.05) is 0 Å². The topological polar surface area (TPSA) is 144 Å². The minimum absolute atomic E-state index is 0.334. The van der Waals surface area contributed by atoms with Crippen molar-refractivity contribution in [3.8, 4) is 5.75 Å². The van der Waals surface area contributed by atoms with Crippen LogP contribution in [0.3, 0.4) is 0 Å². The van der Waals surface area contributed by atoms with Crippen LogP contribution < -0.4 is 10.1 Å². The van der Waals surface area contributed by atoms with Gasteiger partial charge in [-0.15, -0.1) is 0 Å². The summed E-state index contributed by atoms with van der Waals surface area (Å²) in [6.07, 6.45) is -4.74. The zero-order valence-electron chi connectivity index (χ0n) is 18.5. The molecule has 0 spiro atoms. The number of benzene rings is 1. The molecule has 0 bridgehead atoms. The normalized spacial score (nSPS) is 13.0. The first kappa shape index (κ1) is 26.4. The predicted molar refractivity (Wildman–Crippen MR) is 110 cm³/mol. The van der Waals surface area contributed by atoms with Crippen molar-refractivity contribution in [1.82, 2.24) is 0 Å². The maximum atomic E-state index is 13.0. The molecule has 1 aromatic carbocycles. The number of rotatable bonds is 11. The molecule has 0 aliphatic rings. The lowest BCUT2D eigenvalue weighted by Gasteiger charge is -2.30. The average molecular weight is 453 g/mol. The number of nitrogens with one attached hydrogen (secondary N) is 1. The molecule has 1 aromatic rings. The van der Waals surface area contributed by atoms with Crippen molar-refractivity contribution in [3.63, 3.8) is 0 Å². The summed E-state index contributed by atoms with van der Waals surface area (Å²) in [5, 5.41) is 2.53. The van der Waals surface area contributed by atoms with Crippen LogP contribution in [0.5, 0.6) is 5.75 Å². The minimum atomic E-state index is -1.72. The van der Waals surface area contributed by atoms with Gasteiger partial charge in [0.15, 0.2) is 12.2 Å². The van der Waals surface area contributed by atoms with Gasteiger partial charge in [0.1, 0.15) is 12.4 Å². The van der Waals surface area contributed by atoms with Gasteiger partial charge in [0.25, 0.3) is 5.91 Å². The van der Waals surface area contributed by atoms with E-state index in [2.05, 4.69) is 5.32 Å². The van der Waals surface area contributed by atoms with Gasteiger partial charge in [0.2, 0.25) is 6.10 Å². The lowest BCUT2D eigenvalue weighted by Crippen LogP contribution is -2.52. The van der Waals surface area contributed by atoms with E-state index in [0.29, 0.717) is 18.0 Å². The summed E-state index contributed by atoms with van der Waals surface area (Å²) < 4.78 is 25.5. The second-order valence-corrected chi connectivity index (χ2v) is 6.50. The first-order valence-corrected chi connectivity index (χ1v) is 9.72. The van der Waals surface area contributed by atoms with Gasteiger partial charge in [0.05, 0.1) is 6.61 Å². The Morgan fingerprint density at radius 2 is 1.38 bits per heavy atom. The third kappa shape index (κ3) is 9.45.